The molecule has 4 heteroatoms. The first kappa shape index (κ1) is 14.0. The van der Waals surface area contributed by atoms with E-state index in [0.29, 0.717) is 23.9 Å². The van der Waals surface area contributed by atoms with Crippen molar-refractivity contribution in [2.75, 3.05) is 33.7 Å². The molecule has 2 aliphatic rings. The second kappa shape index (κ2) is 5.82. The number of nitrogens with zero attached hydrogens (tertiary/aromatic N) is 2. The predicted molar refractivity (Wildman–Crippen MR) is 82.3 cm³/mol. The van der Waals surface area contributed by atoms with Crippen LogP contribution >= 0.6 is 0 Å². The van der Waals surface area contributed by atoms with E-state index in [-0.39, 0.29) is 0 Å². The molecule has 0 spiro atoms. The van der Waals surface area contributed by atoms with Crippen LogP contribution in [0.15, 0.2) is 30.3 Å². The van der Waals surface area contributed by atoms with Crippen molar-refractivity contribution < 1.29 is 0 Å². The van der Waals surface area contributed by atoms with Crippen LogP contribution in [0.25, 0.3) is 0 Å². The maximum absolute atomic E-state index is 5.90. The van der Waals surface area contributed by atoms with Crippen LogP contribution in [0.1, 0.15) is 17.9 Å². The first-order chi connectivity index (χ1) is 9.70. The van der Waals surface area contributed by atoms with E-state index in [0.717, 1.165) is 19.6 Å². The minimum Gasteiger partial charge on any atom is -0.303 e. The molecule has 3 N–H and O–H groups in total. The Hall–Kier alpha value is -0.940. The summed E-state index contributed by atoms with van der Waals surface area (Å²) in [6, 6.07) is 11.7. The van der Waals surface area contributed by atoms with Gasteiger partial charge < -0.3 is 4.90 Å². The molecule has 4 atom stereocenters. The first-order valence-corrected chi connectivity index (χ1v) is 7.60. The van der Waals surface area contributed by atoms with Crippen molar-refractivity contribution in [3.8, 4) is 0 Å². The molecule has 3 rings (SSSR count). The standard InChI is InChI=1S/C16H26N4/c1-19-8-9-20(2)15(11-19)16(18-17)14-10-13(14)12-6-4-3-5-7-12/h3-7,13-16,18H,8-11,17H2,1-2H3. The molecule has 1 saturated heterocycles. The van der Waals surface area contributed by atoms with Crippen LogP contribution in [0.5, 0.6) is 0 Å². The zero-order valence-electron chi connectivity index (χ0n) is 12.5. The summed E-state index contributed by atoms with van der Waals surface area (Å²) in [5.74, 6) is 7.24. The minimum atomic E-state index is 0.382. The van der Waals surface area contributed by atoms with Gasteiger partial charge >= 0.3 is 0 Å². The number of nitrogens with two attached hydrogens (primary N) is 1. The first-order valence-electron chi connectivity index (χ1n) is 7.60. The lowest BCUT2D eigenvalue weighted by molar-refractivity contribution is 0.0811. The lowest BCUT2D eigenvalue weighted by Gasteiger charge is -2.42. The second-order valence-corrected chi connectivity index (χ2v) is 6.42. The Morgan fingerprint density at radius 3 is 2.65 bits per heavy atom. The molecule has 20 heavy (non-hydrogen) atoms. The molecule has 1 aliphatic carbocycles. The summed E-state index contributed by atoms with van der Waals surface area (Å²) in [5, 5.41) is 0. The Balaban J connectivity index is 1.69. The number of hydrogen-bond donors (Lipinski definition) is 2. The maximum atomic E-state index is 5.90. The van der Waals surface area contributed by atoms with Gasteiger partial charge in [0, 0.05) is 31.7 Å². The maximum Gasteiger partial charge on any atom is 0.0412 e. The third kappa shape index (κ3) is 2.74. The van der Waals surface area contributed by atoms with Gasteiger partial charge in [0.25, 0.3) is 0 Å². The van der Waals surface area contributed by atoms with E-state index in [1.165, 1.54) is 12.0 Å². The summed E-state index contributed by atoms with van der Waals surface area (Å²) < 4.78 is 0. The summed E-state index contributed by atoms with van der Waals surface area (Å²) in [5.41, 5.74) is 4.58. The van der Waals surface area contributed by atoms with E-state index in [9.17, 15) is 0 Å². The van der Waals surface area contributed by atoms with Gasteiger partial charge in [-0.1, -0.05) is 30.3 Å². The fraction of sp³-hybridized carbons (Fsp3) is 0.625. The number of nitrogens with one attached hydrogen (secondary N) is 1. The second-order valence-electron chi connectivity index (χ2n) is 6.42. The average molecular weight is 274 g/mol. The highest BCUT2D eigenvalue weighted by molar-refractivity contribution is 5.27. The fourth-order valence-corrected chi connectivity index (χ4v) is 3.65. The van der Waals surface area contributed by atoms with Gasteiger partial charge in [0.1, 0.15) is 0 Å². The van der Waals surface area contributed by atoms with Crippen LogP contribution in [0.3, 0.4) is 0 Å². The van der Waals surface area contributed by atoms with Crippen LogP contribution in [0.2, 0.25) is 0 Å². The molecule has 4 nitrogen and oxygen atoms in total. The normalized spacial score (nSPS) is 33.0. The van der Waals surface area contributed by atoms with E-state index < -0.39 is 0 Å². The Morgan fingerprint density at radius 2 is 1.95 bits per heavy atom. The van der Waals surface area contributed by atoms with Crippen LogP contribution < -0.4 is 11.3 Å². The van der Waals surface area contributed by atoms with Gasteiger partial charge in [-0.15, -0.1) is 0 Å². The molecule has 4 unspecified atom stereocenters. The number of likely N-dealkylation sites (N-methyl/N-ethyl adjacent to an activating group) is 2. The van der Waals surface area contributed by atoms with Gasteiger partial charge in [0.05, 0.1) is 0 Å². The van der Waals surface area contributed by atoms with Crippen molar-refractivity contribution in [2.24, 2.45) is 11.8 Å². The topological polar surface area (TPSA) is 44.5 Å². The molecule has 1 aliphatic heterocycles. The van der Waals surface area contributed by atoms with E-state index in [2.05, 4.69) is 59.7 Å². The van der Waals surface area contributed by atoms with Gasteiger partial charge in [0.15, 0.2) is 0 Å². The molecule has 2 fully saturated rings. The highest BCUT2D eigenvalue weighted by atomic mass is 15.3. The SMILES string of the molecule is CN1CCN(C)C(C(NN)C2CC2c2ccccc2)C1. The summed E-state index contributed by atoms with van der Waals surface area (Å²) >= 11 is 0. The number of benzene rings is 1. The number of hydrogen-bond acceptors (Lipinski definition) is 4. The lowest BCUT2D eigenvalue weighted by atomic mass is 9.97. The van der Waals surface area contributed by atoms with Gasteiger partial charge in [-0.3, -0.25) is 16.2 Å². The molecule has 110 valence electrons. The molecular weight excluding hydrogens is 248 g/mol. The van der Waals surface area contributed by atoms with Crippen LogP contribution in [0, 0.1) is 5.92 Å². The van der Waals surface area contributed by atoms with Crippen molar-refractivity contribution in [3.63, 3.8) is 0 Å². The summed E-state index contributed by atoms with van der Waals surface area (Å²) in [7, 11) is 4.43. The Bertz CT molecular complexity index is 435. The monoisotopic (exact) mass is 274 g/mol. The smallest absolute Gasteiger partial charge is 0.0412 e. The molecule has 0 amide bonds. The van der Waals surface area contributed by atoms with Crippen LogP contribution in [-0.4, -0.2) is 55.6 Å². The fourth-order valence-electron chi connectivity index (χ4n) is 3.65. The van der Waals surface area contributed by atoms with Gasteiger partial charge in [-0.2, -0.15) is 0 Å². The van der Waals surface area contributed by atoms with Crippen molar-refractivity contribution in [3.05, 3.63) is 35.9 Å². The Kier molecular flexibility index (Phi) is 4.08. The van der Waals surface area contributed by atoms with E-state index in [4.69, 9.17) is 5.84 Å². The molecule has 0 bridgehead atoms. The largest absolute Gasteiger partial charge is 0.303 e. The zero-order valence-corrected chi connectivity index (χ0v) is 12.5. The van der Waals surface area contributed by atoms with Gasteiger partial charge in [-0.25, -0.2) is 0 Å². The third-order valence-corrected chi connectivity index (χ3v) is 5.04. The van der Waals surface area contributed by atoms with Crippen LogP contribution in [-0.2, 0) is 0 Å². The third-order valence-electron chi connectivity index (χ3n) is 5.04. The van der Waals surface area contributed by atoms with E-state index in [1.807, 2.05) is 0 Å². The molecule has 0 aromatic heterocycles. The van der Waals surface area contributed by atoms with E-state index >= 15 is 0 Å². The van der Waals surface area contributed by atoms with Crippen molar-refractivity contribution in [1.82, 2.24) is 15.2 Å². The number of hydrazine groups is 1. The quantitative estimate of drug-likeness (QED) is 0.632. The highest BCUT2D eigenvalue weighted by Crippen LogP contribution is 2.50. The molecular formula is C16H26N4. The zero-order chi connectivity index (χ0) is 14.1. The molecule has 1 saturated carbocycles. The molecule has 1 aromatic rings. The number of rotatable bonds is 4. The molecule has 0 radical (unpaired) electrons. The predicted octanol–water partition coefficient (Wildman–Crippen LogP) is 0.868. The average Bonchev–Trinajstić information content (AvgIpc) is 3.25. The van der Waals surface area contributed by atoms with Gasteiger partial charge in [0.2, 0.25) is 0 Å². The number of piperazine rings is 1. The van der Waals surface area contributed by atoms with Crippen LogP contribution in [0.4, 0.5) is 0 Å². The van der Waals surface area contributed by atoms with E-state index in [1.54, 1.807) is 0 Å². The highest BCUT2D eigenvalue weighted by Gasteiger charge is 2.47. The molecule has 1 heterocycles. The van der Waals surface area contributed by atoms with Gasteiger partial charge in [-0.05, 0) is 37.9 Å². The summed E-state index contributed by atoms with van der Waals surface area (Å²) in [4.78, 5) is 4.87. The summed E-state index contributed by atoms with van der Waals surface area (Å²) in [6.07, 6.45) is 1.26. The van der Waals surface area contributed by atoms with Crippen molar-refractivity contribution in [1.29, 1.82) is 0 Å². The summed E-state index contributed by atoms with van der Waals surface area (Å²) in [6.45, 7) is 3.38. The van der Waals surface area contributed by atoms with Crippen molar-refractivity contribution >= 4 is 0 Å². The Labute approximate surface area is 121 Å². The Morgan fingerprint density at radius 1 is 1.20 bits per heavy atom. The molecule has 1 aromatic carbocycles. The van der Waals surface area contributed by atoms with Crippen molar-refractivity contribution in [2.45, 2.75) is 24.4 Å². The minimum absolute atomic E-state index is 0.382. The lowest BCUT2D eigenvalue weighted by Crippen LogP contribution is -2.60.